The zero-order chi connectivity index (χ0) is 21.4. The van der Waals surface area contributed by atoms with Crippen LogP contribution in [-0.4, -0.2) is 41.9 Å². The van der Waals surface area contributed by atoms with Crippen LogP contribution in [0.3, 0.4) is 0 Å². The number of likely N-dealkylation sites (tertiary alicyclic amines) is 1. The van der Waals surface area contributed by atoms with Crippen LogP contribution in [0, 0.1) is 0 Å². The number of benzene rings is 2. The molecule has 0 bridgehead atoms. The van der Waals surface area contributed by atoms with Gasteiger partial charge in [-0.15, -0.1) is 0 Å². The molecule has 3 heteroatoms. The highest BCUT2D eigenvalue weighted by Gasteiger charge is 2.40. The van der Waals surface area contributed by atoms with Crippen LogP contribution >= 0.6 is 0 Å². The van der Waals surface area contributed by atoms with Crippen LogP contribution in [0.2, 0.25) is 0 Å². The maximum atomic E-state index is 13.7. The summed E-state index contributed by atoms with van der Waals surface area (Å²) in [5.74, 6) is 0.280. The number of amides is 1. The average molecular weight is 417 g/mol. The van der Waals surface area contributed by atoms with Gasteiger partial charge < -0.3 is 9.80 Å². The van der Waals surface area contributed by atoms with Gasteiger partial charge in [0.25, 0.3) is 0 Å². The van der Waals surface area contributed by atoms with Crippen molar-refractivity contribution in [2.24, 2.45) is 0 Å². The van der Waals surface area contributed by atoms with Gasteiger partial charge in [-0.2, -0.15) is 0 Å². The summed E-state index contributed by atoms with van der Waals surface area (Å²) in [5.41, 5.74) is 6.88. The van der Waals surface area contributed by atoms with E-state index in [0.717, 1.165) is 26.2 Å². The molecular weight excluding hydrogens is 380 g/mol. The first-order valence-corrected chi connectivity index (χ1v) is 12.2. The van der Waals surface area contributed by atoms with E-state index in [1.807, 2.05) is 0 Å². The summed E-state index contributed by atoms with van der Waals surface area (Å²) in [4.78, 5) is 18.5. The summed E-state index contributed by atoms with van der Waals surface area (Å²) in [5, 5.41) is 0. The summed E-state index contributed by atoms with van der Waals surface area (Å²) < 4.78 is 0. The van der Waals surface area contributed by atoms with Crippen molar-refractivity contribution in [1.29, 1.82) is 0 Å². The Kier molecular flexibility index (Phi) is 5.64. The lowest BCUT2D eigenvalue weighted by atomic mass is 9.75. The second-order valence-electron chi connectivity index (χ2n) is 10.5. The number of carbonyl (C=O) groups excluding carboxylic acids is 1. The molecular formula is C28H36N2O. The normalized spacial score (nSPS) is 22.8. The molecule has 1 aliphatic carbocycles. The van der Waals surface area contributed by atoms with Crippen molar-refractivity contribution in [3.63, 3.8) is 0 Å². The Morgan fingerprint density at radius 3 is 2.52 bits per heavy atom. The van der Waals surface area contributed by atoms with Gasteiger partial charge in [0.2, 0.25) is 5.91 Å². The summed E-state index contributed by atoms with van der Waals surface area (Å²) in [6, 6.07) is 15.8. The smallest absolute Gasteiger partial charge is 0.227 e. The number of aryl methyl sites for hydroxylation is 2. The summed E-state index contributed by atoms with van der Waals surface area (Å²) in [6.07, 6.45) is 8.01. The number of rotatable bonds is 4. The van der Waals surface area contributed by atoms with Crippen molar-refractivity contribution in [3.8, 4) is 0 Å². The van der Waals surface area contributed by atoms with Crippen molar-refractivity contribution in [2.75, 3.05) is 26.2 Å². The highest BCUT2D eigenvalue weighted by Crippen LogP contribution is 2.40. The van der Waals surface area contributed by atoms with Crippen LogP contribution in [0.5, 0.6) is 0 Å². The van der Waals surface area contributed by atoms with Gasteiger partial charge in [0.15, 0.2) is 0 Å². The van der Waals surface area contributed by atoms with E-state index >= 15 is 0 Å². The first kappa shape index (κ1) is 20.8. The lowest BCUT2D eigenvalue weighted by Crippen LogP contribution is -2.51. The van der Waals surface area contributed by atoms with Crippen LogP contribution in [0.25, 0.3) is 0 Å². The van der Waals surface area contributed by atoms with Crippen molar-refractivity contribution >= 4 is 5.91 Å². The highest BCUT2D eigenvalue weighted by molar-refractivity contribution is 5.80. The van der Waals surface area contributed by atoms with E-state index in [2.05, 4.69) is 66.1 Å². The number of hydrogen-bond acceptors (Lipinski definition) is 2. The molecule has 0 N–H and O–H groups in total. The third kappa shape index (κ3) is 4.17. The van der Waals surface area contributed by atoms with E-state index in [1.54, 1.807) is 0 Å². The van der Waals surface area contributed by atoms with Crippen molar-refractivity contribution in [3.05, 3.63) is 70.3 Å². The molecule has 1 amide bonds. The van der Waals surface area contributed by atoms with E-state index in [4.69, 9.17) is 0 Å². The molecule has 3 nitrogen and oxygen atoms in total. The molecule has 2 aromatic carbocycles. The van der Waals surface area contributed by atoms with Crippen molar-refractivity contribution < 1.29 is 4.79 Å². The quantitative estimate of drug-likeness (QED) is 0.695. The molecule has 2 aromatic rings. The minimum Gasteiger partial charge on any atom is -0.333 e. The molecule has 5 rings (SSSR count). The predicted molar refractivity (Wildman–Crippen MR) is 126 cm³/mol. The molecule has 0 saturated carbocycles. The number of nitrogens with zero attached hydrogens (tertiary/aromatic N) is 2. The van der Waals surface area contributed by atoms with Gasteiger partial charge in [0.05, 0.1) is 12.5 Å². The van der Waals surface area contributed by atoms with Gasteiger partial charge in [-0.1, -0.05) is 56.3 Å². The largest absolute Gasteiger partial charge is 0.333 e. The van der Waals surface area contributed by atoms with E-state index in [0.29, 0.717) is 6.42 Å². The van der Waals surface area contributed by atoms with Crippen molar-refractivity contribution in [2.45, 2.75) is 70.3 Å². The minimum absolute atomic E-state index is 0.0242. The summed E-state index contributed by atoms with van der Waals surface area (Å²) >= 11 is 0. The molecule has 0 radical (unpaired) electrons. The fourth-order valence-corrected chi connectivity index (χ4v) is 6.03. The van der Waals surface area contributed by atoms with Gasteiger partial charge in [0.1, 0.15) is 0 Å². The molecule has 1 saturated heterocycles. The second-order valence-corrected chi connectivity index (χ2v) is 10.5. The maximum Gasteiger partial charge on any atom is 0.227 e. The van der Waals surface area contributed by atoms with Crippen LogP contribution in [0.15, 0.2) is 42.5 Å². The van der Waals surface area contributed by atoms with Gasteiger partial charge >= 0.3 is 0 Å². The zero-order valence-electron chi connectivity index (χ0n) is 19.2. The standard InChI is InChI=1S/C28H36N2O/c1-28(2)20-30(27(31)18-21-13-14-22-9-3-4-10-23(22)17-21)26(19-29-15-7-8-16-29)24-11-5-6-12-25(24)28/h5-6,11-14,17,26H,3-4,7-10,15-16,18-20H2,1-2H3. The topological polar surface area (TPSA) is 23.6 Å². The first-order chi connectivity index (χ1) is 15.0. The Morgan fingerprint density at radius 1 is 0.968 bits per heavy atom. The fraction of sp³-hybridized carbons (Fsp3) is 0.536. The van der Waals surface area contributed by atoms with Gasteiger partial charge in [0, 0.05) is 18.5 Å². The van der Waals surface area contributed by atoms with E-state index in [-0.39, 0.29) is 17.4 Å². The Hall–Kier alpha value is -2.13. The maximum absolute atomic E-state index is 13.7. The number of hydrogen-bond donors (Lipinski definition) is 0. The summed E-state index contributed by atoms with van der Waals surface area (Å²) in [6.45, 7) is 8.66. The van der Waals surface area contributed by atoms with E-state index < -0.39 is 0 Å². The monoisotopic (exact) mass is 416 g/mol. The van der Waals surface area contributed by atoms with Gasteiger partial charge in [-0.3, -0.25) is 4.79 Å². The SMILES string of the molecule is CC1(C)CN(C(=O)Cc2ccc3c(c2)CCCC3)C(CN2CCCC2)c2ccccc21. The third-order valence-corrected chi connectivity index (χ3v) is 7.71. The Balaban J connectivity index is 1.43. The van der Waals surface area contributed by atoms with Crippen molar-refractivity contribution in [1.82, 2.24) is 9.80 Å². The third-order valence-electron chi connectivity index (χ3n) is 7.71. The first-order valence-electron chi connectivity index (χ1n) is 12.2. The molecule has 1 fully saturated rings. The second kappa shape index (κ2) is 8.43. The fourth-order valence-electron chi connectivity index (χ4n) is 6.03. The van der Waals surface area contributed by atoms with Crippen LogP contribution in [0.1, 0.15) is 73.4 Å². The zero-order valence-corrected chi connectivity index (χ0v) is 19.2. The molecule has 2 heterocycles. The Bertz CT molecular complexity index is 957. The van der Waals surface area contributed by atoms with Gasteiger partial charge in [-0.25, -0.2) is 0 Å². The van der Waals surface area contributed by atoms with Crippen LogP contribution < -0.4 is 0 Å². The molecule has 1 unspecified atom stereocenters. The molecule has 2 aliphatic heterocycles. The lowest BCUT2D eigenvalue weighted by Gasteiger charge is -2.46. The number of fused-ring (bicyclic) bond motifs is 2. The molecule has 0 aromatic heterocycles. The highest BCUT2D eigenvalue weighted by atomic mass is 16.2. The van der Waals surface area contributed by atoms with E-state index in [9.17, 15) is 4.79 Å². The number of carbonyl (C=O) groups is 1. The molecule has 164 valence electrons. The van der Waals surface area contributed by atoms with Crippen LogP contribution in [-0.2, 0) is 29.5 Å². The minimum atomic E-state index is -0.0242. The molecule has 3 aliphatic rings. The average Bonchev–Trinajstić information content (AvgIpc) is 3.29. The molecule has 1 atom stereocenters. The molecule has 31 heavy (non-hydrogen) atoms. The van der Waals surface area contributed by atoms with Gasteiger partial charge in [-0.05, 0) is 79.4 Å². The summed E-state index contributed by atoms with van der Waals surface area (Å²) in [7, 11) is 0. The predicted octanol–water partition coefficient (Wildman–Crippen LogP) is 5.06. The van der Waals surface area contributed by atoms with Crippen LogP contribution in [0.4, 0.5) is 0 Å². The lowest BCUT2D eigenvalue weighted by molar-refractivity contribution is -0.135. The Labute approximate surface area is 187 Å². The Morgan fingerprint density at radius 2 is 1.71 bits per heavy atom. The molecule has 0 spiro atoms. The van der Waals surface area contributed by atoms with E-state index in [1.165, 1.54) is 66.3 Å².